The Bertz CT molecular complexity index is 2060. The first-order valence-electron chi connectivity index (χ1n) is 13.5. The van der Waals surface area contributed by atoms with Gasteiger partial charge in [-0.15, -0.1) is 0 Å². The Morgan fingerprint density at radius 2 is 1.61 bits per heavy atom. The number of H-pyrrole nitrogens is 3. The van der Waals surface area contributed by atoms with Crippen LogP contribution in [0.15, 0.2) is 70.3 Å². The molecule has 1 spiro atoms. The molecular weight excluding hydrogens is 588 g/mol. The van der Waals surface area contributed by atoms with E-state index >= 15 is 4.79 Å². The molecule has 0 bridgehead atoms. The Morgan fingerprint density at radius 1 is 0.886 bits per heavy atom. The third kappa shape index (κ3) is 3.77. The number of ether oxygens (including phenoxy) is 3. The highest BCUT2D eigenvalue weighted by Gasteiger charge is 2.60. The number of benzene rings is 3. The van der Waals surface area contributed by atoms with Gasteiger partial charge in [0, 0.05) is 21.8 Å². The lowest BCUT2D eigenvalue weighted by molar-refractivity contribution is -0.120. The lowest BCUT2D eigenvalue weighted by Gasteiger charge is -2.34. The number of methoxy groups -OCH3 is 3. The van der Waals surface area contributed by atoms with Crippen molar-refractivity contribution in [3.63, 3.8) is 0 Å². The molecule has 13 heteroatoms. The molecule has 1 unspecified atom stereocenters. The van der Waals surface area contributed by atoms with Crippen LogP contribution in [-0.4, -0.2) is 47.4 Å². The van der Waals surface area contributed by atoms with E-state index in [0.717, 1.165) is 5.56 Å². The van der Waals surface area contributed by atoms with Crippen LogP contribution in [-0.2, 0) is 16.8 Å². The van der Waals surface area contributed by atoms with Gasteiger partial charge in [0.05, 0.1) is 39.1 Å². The maximum absolute atomic E-state index is 15.2. The number of amides is 1. The SMILES string of the molecule is COc1cc(CN2C(=O)C3(c4cc(Cl)ccc42)c2c(n[nH]c2-c2ccccc2)Nc2[nH]c(=O)[nH]c(=O)c23)cc(OC)c1OC. The number of fused-ring (bicyclic) bond motifs is 6. The molecule has 2 aliphatic heterocycles. The van der Waals surface area contributed by atoms with Crippen LogP contribution in [0.2, 0.25) is 5.02 Å². The Labute approximate surface area is 254 Å². The van der Waals surface area contributed by atoms with Crippen LogP contribution in [0.3, 0.4) is 0 Å². The van der Waals surface area contributed by atoms with Gasteiger partial charge >= 0.3 is 5.69 Å². The lowest BCUT2D eigenvalue weighted by atomic mass is 9.68. The third-order valence-corrected chi connectivity index (χ3v) is 8.28. The zero-order valence-corrected chi connectivity index (χ0v) is 24.5. The maximum Gasteiger partial charge on any atom is 0.327 e. The third-order valence-electron chi connectivity index (χ3n) is 8.05. The molecule has 2 aromatic heterocycles. The van der Waals surface area contributed by atoms with E-state index in [-0.39, 0.29) is 23.7 Å². The molecule has 44 heavy (non-hydrogen) atoms. The number of nitrogens with zero attached hydrogens (tertiary/aromatic N) is 2. The number of hydrogen-bond acceptors (Lipinski definition) is 8. The van der Waals surface area contributed by atoms with Crippen LogP contribution in [0, 0.1) is 0 Å². The molecule has 0 saturated heterocycles. The molecule has 1 atom stereocenters. The second kappa shape index (κ2) is 10.1. The fourth-order valence-electron chi connectivity index (χ4n) is 6.31. The van der Waals surface area contributed by atoms with Crippen LogP contribution in [0.1, 0.15) is 22.3 Å². The van der Waals surface area contributed by atoms with Crippen molar-refractivity contribution in [1.82, 2.24) is 20.2 Å². The van der Waals surface area contributed by atoms with Gasteiger partial charge in [0.2, 0.25) is 11.7 Å². The van der Waals surface area contributed by atoms with Gasteiger partial charge in [0.1, 0.15) is 11.2 Å². The number of carbonyl (C=O) groups is 1. The second-order valence-electron chi connectivity index (χ2n) is 10.3. The van der Waals surface area contributed by atoms with Gasteiger partial charge in [-0.3, -0.25) is 24.7 Å². The molecule has 0 fully saturated rings. The summed E-state index contributed by atoms with van der Waals surface area (Å²) in [6.07, 6.45) is 0. The molecular formula is C31H25ClN6O6. The van der Waals surface area contributed by atoms with Crippen molar-refractivity contribution in [3.8, 4) is 28.5 Å². The summed E-state index contributed by atoms with van der Waals surface area (Å²) in [5, 5.41) is 11.0. The largest absolute Gasteiger partial charge is 0.493 e. The smallest absolute Gasteiger partial charge is 0.327 e. The molecule has 1 amide bonds. The minimum Gasteiger partial charge on any atom is -0.493 e. The van der Waals surface area contributed by atoms with E-state index < -0.39 is 22.6 Å². The highest BCUT2D eigenvalue weighted by atomic mass is 35.5. The standard InChI is InChI=1S/C31H25ClN6O6/c1-42-20-11-15(12-21(43-2)25(20)44-3)14-38-19-10-9-17(32)13-18(19)31(29(38)40)22-24(16-7-5-4-6-8-16)36-37-27(22)33-26-23(31)28(39)35-30(41)34-26/h4-13H,14H2,1-3H3,(H4,33,34,35,36,37,39,41). The summed E-state index contributed by atoms with van der Waals surface area (Å²) in [6, 6.07) is 18.0. The first-order valence-corrected chi connectivity index (χ1v) is 13.9. The van der Waals surface area contributed by atoms with Gasteiger partial charge < -0.3 is 24.4 Å². The minimum absolute atomic E-state index is 0.0177. The molecule has 0 saturated carbocycles. The van der Waals surface area contributed by atoms with Crippen molar-refractivity contribution in [3.05, 3.63) is 109 Å². The first kappa shape index (κ1) is 27.3. The van der Waals surface area contributed by atoms with E-state index in [1.165, 1.54) is 21.3 Å². The molecule has 222 valence electrons. The number of hydrogen-bond donors (Lipinski definition) is 4. The molecule has 7 rings (SSSR count). The van der Waals surface area contributed by atoms with Crippen LogP contribution in [0.5, 0.6) is 17.2 Å². The summed E-state index contributed by atoms with van der Waals surface area (Å²) >= 11 is 6.58. The predicted octanol–water partition coefficient (Wildman–Crippen LogP) is 4.07. The molecule has 0 aliphatic carbocycles. The van der Waals surface area contributed by atoms with Crippen molar-refractivity contribution in [2.75, 3.05) is 31.5 Å². The van der Waals surface area contributed by atoms with Gasteiger partial charge in [-0.05, 0) is 41.5 Å². The Balaban J connectivity index is 1.53. The highest BCUT2D eigenvalue weighted by Crippen LogP contribution is 2.57. The summed E-state index contributed by atoms with van der Waals surface area (Å²) in [7, 11) is 4.54. The Kier molecular flexibility index (Phi) is 6.25. The fourth-order valence-corrected chi connectivity index (χ4v) is 6.49. The number of nitrogens with one attached hydrogen (secondary N) is 4. The predicted molar refractivity (Wildman–Crippen MR) is 164 cm³/mol. The van der Waals surface area contributed by atoms with Gasteiger partial charge in [0.25, 0.3) is 5.56 Å². The molecule has 4 N–H and O–H groups in total. The Hall–Kier alpha value is -5.49. The summed E-state index contributed by atoms with van der Waals surface area (Å²) in [4.78, 5) is 48.0. The number of rotatable bonds is 6. The van der Waals surface area contributed by atoms with Crippen LogP contribution >= 0.6 is 11.6 Å². The average Bonchev–Trinajstić information content (AvgIpc) is 3.54. The maximum atomic E-state index is 15.2. The zero-order valence-electron chi connectivity index (χ0n) is 23.7. The quantitative estimate of drug-likeness (QED) is 0.224. The molecule has 5 aromatic rings. The number of carbonyl (C=O) groups excluding carboxylic acids is 1. The molecule has 0 radical (unpaired) electrons. The summed E-state index contributed by atoms with van der Waals surface area (Å²) in [6.45, 7) is 0.0732. The van der Waals surface area contributed by atoms with E-state index in [9.17, 15) is 9.59 Å². The van der Waals surface area contributed by atoms with Crippen LogP contribution in [0.4, 0.5) is 17.3 Å². The topological polar surface area (TPSA) is 154 Å². The minimum atomic E-state index is -1.74. The zero-order chi connectivity index (χ0) is 30.7. The summed E-state index contributed by atoms with van der Waals surface area (Å²) in [5.41, 5.74) is 0.169. The van der Waals surface area contributed by atoms with Gasteiger partial charge in [-0.2, -0.15) is 5.10 Å². The van der Waals surface area contributed by atoms with Crippen LogP contribution < -0.4 is 35.7 Å². The summed E-state index contributed by atoms with van der Waals surface area (Å²) in [5.74, 6) is 1.16. The van der Waals surface area contributed by atoms with Crippen molar-refractivity contribution < 1.29 is 19.0 Å². The van der Waals surface area contributed by atoms with Crippen LogP contribution in [0.25, 0.3) is 11.3 Å². The molecule has 3 aromatic carbocycles. The number of aromatic amines is 3. The van der Waals surface area contributed by atoms with E-state index in [1.54, 1.807) is 35.2 Å². The van der Waals surface area contributed by atoms with E-state index in [1.807, 2.05) is 30.3 Å². The number of anilines is 3. The van der Waals surface area contributed by atoms with E-state index in [4.69, 9.17) is 25.8 Å². The normalized spacial score (nSPS) is 16.3. The lowest BCUT2D eigenvalue weighted by Crippen LogP contribution is -2.49. The second-order valence-corrected chi connectivity index (χ2v) is 10.7. The van der Waals surface area contributed by atoms with Gasteiger partial charge in [-0.1, -0.05) is 41.9 Å². The van der Waals surface area contributed by atoms with Crippen molar-refractivity contribution >= 4 is 34.8 Å². The van der Waals surface area contributed by atoms with Gasteiger partial charge in [0.15, 0.2) is 17.3 Å². The van der Waals surface area contributed by atoms with Crippen molar-refractivity contribution in [1.29, 1.82) is 0 Å². The van der Waals surface area contributed by atoms with Crippen molar-refractivity contribution in [2.45, 2.75) is 12.0 Å². The van der Waals surface area contributed by atoms with E-state index in [2.05, 4.69) is 25.5 Å². The molecule has 2 aliphatic rings. The monoisotopic (exact) mass is 612 g/mol. The van der Waals surface area contributed by atoms with Crippen molar-refractivity contribution in [2.24, 2.45) is 0 Å². The highest BCUT2D eigenvalue weighted by molar-refractivity contribution is 6.31. The number of aromatic nitrogens is 4. The Morgan fingerprint density at radius 3 is 2.30 bits per heavy atom. The summed E-state index contributed by atoms with van der Waals surface area (Å²) < 4.78 is 16.6. The fraction of sp³-hybridized carbons (Fsp3) is 0.161. The first-order chi connectivity index (χ1) is 21.3. The number of halogens is 1. The molecule has 12 nitrogen and oxygen atoms in total. The molecule has 4 heterocycles. The van der Waals surface area contributed by atoms with E-state index in [0.29, 0.717) is 50.3 Å². The van der Waals surface area contributed by atoms with Gasteiger partial charge in [-0.25, -0.2) is 4.79 Å². The average molecular weight is 613 g/mol.